The predicted octanol–water partition coefficient (Wildman–Crippen LogP) is 2.48. The van der Waals surface area contributed by atoms with E-state index in [-0.39, 0.29) is 5.41 Å². The van der Waals surface area contributed by atoms with E-state index in [1.165, 1.54) is 0 Å². The maximum absolute atomic E-state index is 5.74. The number of anilines is 1. The molecule has 14 heavy (non-hydrogen) atoms. The van der Waals surface area contributed by atoms with Crippen LogP contribution in [0.1, 0.15) is 52.1 Å². The van der Waals surface area contributed by atoms with E-state index in [0.717, 1.165) is 11.5 Å². The molecule has 78 valence electrons. The van der Waals surface area contributed by atoms with Crippen molar-refractivity contribution in [3.63, 3.8) is 0 Å². The summed E-state index contributed by atoms with van der Waals surface area (Å²) in [4.78, 5) is 8.73. The zero-order chi connectivity index (χ0) is 10.9. The summed E-state index contributed by atoms with van der Waals surface area (Å²) in [6.07, 6.45) is 0. The molecule has 0 atom stereocenters. The van der Waals surface area contributed by atoms with Crippen molar-refractivity contribution in [2.24, 2.45) is 0 Å². The first-order valence-corrected chi connectivity index (χ1v) is 4.95. The summed E-state index contributed by atoms with van der Waals surface area (Å²) in [5.74, 6) is 1.71. The van der Waals surface area contributed by atoms with Gasteiger partial charge in [0.2, 0.25) is 0 Å². The third-order valence-electron chi connectivity index (χ3n) is 2.05. The third-order valence-corrected chi connectivity index (χ3v) is 2.05. The lowest BCUT2D eigenvalue weighted by atomic mass is 9.91. The van der Waals surface area contributed by atoms with Gasteiger partial charge in [-0.15, -0.1) is 0 Å². The molecule has 0 aliphatic rings. The molecular weight excluding hydrogens is 174 g/mol. The van der Waals surface area contributed by atoms with E-state index < -0.39 is 0 Å². The Morgan fingerprint density at radius 2 is 1.79 bits per heavy atom. The molecule has 1 aromatic rings. The highest BCUT2D eigenvalue weighted by Gasteiger charge is 2.18. The number of hydrogen-bond acceptors (Lipinski definition) is 3. The molecule has 0 amide bonds. The molecule has 0 fully saturated rings. The van der Waals surface area contributed by atoms with Gasteiger partial charge in [0, 0.05) is 17.4 Å². The van der Waals surface area contributed by atoms with Crippen molar-refractivity contribution >= 4 is 5.82 Å². The topological polar surface area (TPSA) is 51.8 Å². The lowest BCUT2D eigenvalue weighted by molar-refractivity contribution is 0.559. The maximum Gasteiger partial charge on any atom is 0.133 e. The molecule has 1 heterocycles. The van der Waals surface area contributed by atoms with Gasteiger partial charge < -0.3 is 5.73 Å². The van der Waals surface area contributed by atoms with E-state index in [4.69, 9.17) is 5.73 Å². The summed E-state index contributed by atoms with van der Waals surface area (Å²) < 4.78 is 0. The SMILES string of the molecule is CC(C)c1nc(N)cc(C(C)(C)C)n1. The largest absolute Gasteiger partial charge is 0.384 e. The molecule has 3 nitrogen and oxygen atoms in total. The Balaban J connectivity index is 3.21. The predicted molar refractivity (Wildman–Crippen MR) is 59.2 cm³/mol. The van der Waals surface area contributed by atoms with Gasteiger partial charge in [0.25, 0.3) is 0 Å². The van der Waals surface area contributed by atoms with Crippen LogP contribution in [-0.4, -0.2) is 9.97 Å². The average Bonchev–Trinajstić information content (AvgIpc) is 2.01. The minimum absolute atomic E-state index is 0.0285. The maximum atomic E-state index is 5.74. The van der Waals surface area contributed by atoms with Gasteiger partial charge in [-0.1, -0.05) is 34.6 Å². The molecule has 0 spiro atoms. The fourth-order valence-electron chi connectivity index (χ4n) is 1.13. The molecule has 0 bridgehead atoms. The van der Waals surface area contributed by atoms with E-state index in [1.54, 1.807) is 0 Å². The fraction of sp³-hybridized carbons (Fsp3) is 0.636. The van der Waals surface area contributed by atoms with Gasteiger partial charge in [-0.2, -0.15) is 0 Å². The highest BCUT2D eigenvalue weighted by Crippen LogP contribution is 2.23. The van der Waals surface area contributed by atoms with Crippen LogP contribution in [-0.2, 0) is 5.41 Å². The van der Waals surface area contributed by atoms with Crippen LogP contribution in [0.3, 0.4) is 0 Å². The number of nitrogens with zero attached hydrogens (tertiary/aromatic N) is 2. The summed E-state index contributed by atoms with van der Waals surface area (Å²) in [6.45, 7) is 10.5. The molecular formula is C11H19N3. The molecule has 1 rings (SSSR count). The highest BCUT2D eigenvalue weighted by molar-refractivity contribution is 5.33. The first-order valence-electron chi connectivity index (χ1n) is 4.95. The van der Waals surface area contributed by atoms with Crippen LogP contribution in [0.4, 0.5) is 5.82 Å². The molecule has 0 aliphatic carbocycles. The molecule has 1 aromatic heterocycles. The molecule has 2 N–H and O–H groups in total. The zero-order valence-electron chi connectivity index (χ0n) is 9.63. The van der Waals surface area contributed by atoms with Gasteiger partial charge in [0.05, 0.1) is 5.69 Å². The fourth-order valence-corrected chi connectivity index (χ4v) is 1.13. The second-order valence-corrected chi connectivity index (χ2v) is 4.94. The van der Waals surface area contributed by atoms with Crippen molar-refractivity contribution in [2.45, 2.75) is 46.0 Å². The van der Waals surface area contributed by atoms with Crippen molar-refractivity contribution in [2.75, 3.05) is 5.73 Å². The van der Waals surface area contributed by atoms with E-state index in [2.05, 4.69) is 44.6 Å². The van der Waals surface area contributed by atoms with E-state index in [9.17, 15) is 0 Å². The van der Waals surface area contributed by atoms with Crippen molar-refractivity contribution in [1.29, 1.82) is 0 Å². The van der Waals surface area contributed by atoms with Gasteiger partial charge in [-0.25, -0.2) is 9.97 Å². The number of nitrogens with two attached hydrogens (primary N) is 1. The minimum Gasteiger partial charge on any atom is -0.384 e. The van der Waals surface area contributed by atoms with Crippen LogP contribution >= 0.6 is 0 Å². The first kappa shape index (κ1) is 11.0. The van der Waals surface area contributed by atoms with Gasteiger partial charge >= 0.3 is 0 Å². The molecule has 0 saturated heterocycles. The minimum atomic E-state index is 0.0285. The number of rotatable bonds is 1. The summed E-state index contributed by atoms with van der Waals surface area (Å²) in [5, 5.41) is 0. The quantitative estimate of drug-likeness (QED) is 0.745. The van der Waals surface area contributed by atoms with Gasteiger partial charge in [0.15, 0.2) is 0 Å². The van der Waals surface area contributed by atoms with E-state index >= 15 is 0 Å². The first-order chi connectivity index (χ1) is 6.30. The normalized spacial score (nSPS) is 12.1. The van der Waals surface area contributed by atoms with Gasteiger partial charge in [-0.3, -0.25) is 0 Å². The summed E-state index contributed by atoms with van der Waals surface area (Å²) >= 11 is 0. The molecule has 0 unspecified atom stereocenters. The highest BCUT2D eigenvalue weighted by atomic mass is 15.0. The summed E-state index contributed by atoms with van der Waals surface area (Å²) in [5.41, 5.74) is 6.78. The molecule has 0 aliphatic heterocycles. The van der Waals surface area contributed by atoms with Crippen LogP contribution in [0, 0.1) is 0 Å². The van der Waals surface area contributed by atoms with Gasteiger partial charge in [0.1, 0.15) is 11.6 Å². The van der Waals surface area contributed by atoms with Crippen molar-refractivity contribution in [3.8, 4) is 0 Å². The Kier molecular flexibility index (Phi) is 2.79. The van der Waals surface area contributed by atoms with Gasteiger partial charge in [-0.05, 0) is 0 Å². The molecule has 0 aromatic carbocycles. The summed E-state index contributed by atoms with van der Waals surface area (Å²) in [6, 6.07) is 1.85. The van der Waals surface area contributed by atoms with Crippen molar-refractivity contribution in [1.82, 2.24) is 9.97 Å². The van der Waals surface area contributed by atoms with Crippen molar-refractivity contribution < 1.29 is 0 Å². The average molecular weight is 193 g/mol. The molecule has 0 radical (unpaired) electrons. The molecule has 3 heteroatoms. The Hall–Kier alpha value is -1.12. The third kappa shape index (κ3) is 2.44. The smallest absolute Gasteiger partial charge is 0.133 e. The van der Waals surface area contributed by atoms with Crippen LogP contribution in [0.5, 0.6) is 0 Å². The molecule has 0 saturated carbocycles. The van der Waals surface area contributed by atoms with Crippen LogP contribution < -0.4 is 5.73 Å². The number of nitrogen functional groups attached to an aromatic ring is 1. The Morgan fingerprint density at radius 1 is 1.21 bits per heavy atom. The van der Waals surface area contributed by atoms with Crippen molar-refractivity contribution in [3.05, 3.63) is 17.6 Å². The van der Waals surface area contributed by atoms with Crippen LogP contribution in [0.2, 0.25) is 0 Å². The number of hydrogen-bond donors (Lipinski definition) is 1. The second kappa shape index (κ2) is 3.56. The lowest BCUT2D eigenvalue weighted by Crippen LogP contribution is -2.16. The lowest BCUT2D eigenvalue weighted by Gasteiger charge is -2.19. The second-order valence-electron chi connectivity index (χ2n) is 4.94. The van der Waals surface area contributed by atoms with E-state index in [0.29, 0.717) is 11.7 Å². The Morgan fingerprint density at radius 3 is 2.21 bits per heavy atom. The van der Waals surface area contributed by atoms with Crippen LogP contribution in [0.15, 0.2) is 6.07 Å². The Bertz CT molecular complexity index is 324. The number of aromatic nitrogens is 2. The summed E-state index contributed by atoms with van der Waals surface area (Å²) in [7, 11) is 0. The zero-order valence-corrected chi connectivity index (χ0v) is 9.63. The monoisotopic (exact) mass is 193 g/mol. The Labute approximate surface area is 85.8 Å². The van der Waals surface area contributed by atoms with Crippen LogP contribution in [0.25, 0.3) is 0 Å². The van der Waals surface area contributed by atoms with E-state index in [1.807, 2.05) is 6.07 Å². The standard InChI is InChI=1S/C11H19N3/c1-7(2)10-13-8(11(3,4)5)6-9(12)14-10/h6-7H,1-5H3,(H2,12,13,14).